The number of hydrogen-bond acceptors (Lipinski definition) is 8. The number of halogens is 1. The molecule has 0 radical (unpaired) electrons. The number of aromatic nitrogens is 4. The fourth-order valence-electron chi connectivity index (χ4n) is 1.73. The molecule has 1 aromatic carbocycles. The van der Waals surface area contributed by atoms with Gasteiger partial charge in [0.15, 0.2) is 4.34 Å². The highest BCUT2D eigenvalue weighted by Gasteiger charge is 2.09. The van der Waals surface area contributed by atoms with Crippen LogP contribution in [0.4, 0.5) is 9.52 Å². The molecule has 0 fully saturated rings. The molecule has 6 nitrogen and oxygen atoms in total. The van der Waals surface area contributed by atoms with Crippen LogP contribution in [-0.2, 0) is 18.7 Å². The molecule has 1 N–H and O–H groups in total. The van der Waals surface area contributed by atoms with E-state index < -0.39 is 0 Å². The van der Waals surface area contributed by atoms with Crippen molar-refractivity contribution in [2.24, 2.45) is 0 Å². The summed E-state index contributed by atoms with van der Waals surface area (Å²) in [6.07, 6.45) is 0.730. The number of rotatable bonds is 7. The van der Waals surface area contributed by atoms with E-state index in [1.807, 2.05) is 6.92 Å². The zero-order valence-corrected chi connectivity index (χ0v) is 14.0. The van der Waals surface area contributed by atoms with Crippen molar-refractivity contribution < 1.29 is 8.81 Å². The first-order valence-corrected chi connectivity index (χ1v) is 8.79. The smallest absolute Gasteiger partial charge is 0.226 e. The van der Waals surface area contributed by atoms with Crippen molar-refractivity contribution in [1.29, 1.82) is 0 Å². The first-order chi connectivity index (χ1) is 11.2. The third-order valence-corrected chi connectivity index (χ3v) is 4.89. The number of nitrogens with zero attached hydrogens (tertiary/aromatic N) is 4. The molecular formula is C14H14FN5OS2. The Kier molecular flexibility index (Phi) is 5.19. The monoisotopic (exact) mass is 351 g/mol. The molecule has 23 heavy (non-hydrogen) atoms. The van der Waals surface area contributed by atoms with Crippen LogP contribution in [0, 0.1) is 5.82 Å². The van der Waals surface area contributed by atoms with Gasteiger partial charge in [0, 0.05) is 13.0 Å². The summed E-state index contributed by atoms with van der Waals surface area (Å²) in [5, 5.41) is 20.0. The van der Waals surface area contributed by atoms with Crippen LogP contribution in [0.15, 0.2) is 33.0 Å². The molecule has 0 unspecified atom stereocenters. The normalized spacial score (nSPS) is 10.9. The van der Waals surface area contributed by atoms with Crippen molar-refractivity contribution in [3.63, 3.8) is 0 Å². The molecule has 3 aromatic rings. The van der Waals surface area contributed by atoms with Crippen LogP contribution in [0.5, 0.6) is 0 Å². The minimum Gasteiger partial charge on any atom is -0.424 e. The predicted octanol–water partition coefficient (Wildman–Crippen LogP) is 3.53. The first kappa shape index (κ1) is 15.9. The zero-order chi connectivity index (χ0) is 16.1. The standard InChI is InChI=1S/C14H14FN5OS2/c1-2-11-17-18-12(21-11)8-22-14-20-19-13(23-14)16-7-9-3-5-10(15)6-4-9/h3-6H,2,7-8H2,1H3,(H,16,19). The number of thioether (sulfide) groups is 1. The average molecular weight is 351 g/mol. The van der Waals surface area contributed by atoms with Gasteiger partial charge in [-0.25, -0.2) is 4.39 Å². The number of benzene rings is 1. The van der Waals surface area contributed by atoms with E-state index in [2.05, 4.69) is 25.7 Å². The summed E-state index contributed by atoms with van der Waals surface area (Å²) in [4.78, 5) is 0. The van der Waals surface area contributed by atoms with Crippen LogP contribution in [-0.4, -0.2) is 20.4 Å². The highest BCUT2D eigenvalue weighted by atomic mass is 32.2. The van der Waals surface area contributed by atoms with Gasteiger partial charge in [-0.05, 0) is 17.7 Å². The van der Waals surface area contributed by atoms with E-state index >= 15 is 0 Å². The molecular weight excluding hydrogens is 337 g/mol. The van der Waals surface area contributed by atoms with Crippen molar-refractivity contribution >= 4 is 28.2 Å². The fraction of sp³-hybridized carbons (Fsp3) is 0.286. The summed E-state index contributed by atoms with van der Waals surface area (Å²) in [5.41, 5.74) is 0.980. The summed E-state index contributed by atoms with van der Waals surface area (Å²) in [6, 6.07) is 6.35. The Morgan fingerprint density at radius 1 is 1.13 bits per heavy atom. The topological polar surface area (TPSA) is 76.7 Å². The molecule has 0 aliphatic heterocycles. The second-order valence-electron chi connectivity index (χ2n) is 4.58. The highest BCUT2D eigenvalue weighted by molar-refractivity contribution is 8.00. The third kappa shape index (κ3) is 4.49. The van der Waals surface area contributed by atoms with Gasteiger partial charge >= 0.3 is 0 Å². The van der Waals surface area contributed by atoms with Crippen LogP contribution in [0.1, 0.15) is 24.3 Å². The summed E-state index contributed by atoms with van der Waals surface area (Å²) in [7, 11) is 0. The molecule has 2 heterocycles. The van der Waals surface area contributed by atoms with E-state index in [0.717, 1.165) is 21.5 Å². The highest BCUT2D eigenvalue weighted by Crippen LogP contribution is 2.28. The van der Waals surface area contributed by atoms with Crippen LogP contribution < -0.4 is 5.32 Å². The molecule has 0 spiro atoms. The Morgan fingerprint density at radius 3 is 2.65 bits per heavy atom. The van der Waals surface area contributed by atoms with Gasteiger partial charge in [0.05, 0.1) is 5.75 Å². The van der Waals surface area contributed by atoms with Gasteiger partial charge in [-0.2, -0.15) is 0 Å². The van der Waals surface area contributed by atoms with Crippen molar-refractivity contribution in [2.45, 2.75) is 30.0 Å². The van der Waals surface area contributed by atoms with E-state index in [9.17, 15) is 4.39 Å². The summed E-state index contributed by atoms with van der Waals surface area (Å²) in [6.45, 7) is 2.54. The number of aryl methyl sites for hydroxylation is 1. The molecule has 9 heteroatoms. The van der Waals surface area contributed by atoms with Crippen LogP contribution in [0.2, 0.25) is 0 Å². The molecule has 0 atom stereocenters. The SMILES string of the molecule is CCc1nnc(CSc2nnc(NCc3ccc(F)cc3)s2)o1. The molecule has 0 amide bonds. The second kappa shape index (κ2) is 7.51. The quantitative estimate of drug-likeness (QED) is 0.653. The van der Waals surface area contributed by atoms with Crippen LogP contribution in [0.3, 0.4) is 0 Å². The van der Waals surface area contributed by atoms with Gasteiger partial charge in [-0.15, -0.1) is 20.4 Å². The minimum absolute atomic E-state index is 0.240. The molecule has 0 aliphatic carbocycles. The first-order valence-electron chi connectivity index (χ1n) is 6.99. The van der Waals surface area contributed by atoms with Gasteiger partial charge in [0.25, 0.3) is 0 Å². The van der Waals surface area contributed by atoms with Crippen LogP contribution in [0.25, 0.3) is 0 Å². The lowest BCUT2D eigenvalue weighted by molar-refractivity contribution is 0.470. The van der Waals surface area contributed by atoms with E-state index in [1.165, 1.54) is 35.2 Å². The fourth-order valence-corrected chi connectivity index (χ4v) is 3.32. The maximum atomic E-state index is 12.8. The van der Waals surface area contributed by atoms with Gasteiger partial charge in [0.2, 0.25) is 16.9 Å². The maximum absolute atomic E-state index is 12.8. The van der Waals surface area contributed by atoms with Crippen molar-refractivity contribution in [3.05, 3.63) is 47.4 Å². The van der Waals surface area contributed by atoms with Gasteiger partial charge in [-0.1, -0.05) is 42.2 Å². The van der Waals surface area contributed by atoms with Gasteiger partial charge in [-0.3, -0.25) is 0 Å². The number of hydrogen-bond donors (Lipinski definition) is 1. The van der Waals surface area contributed by atoms with Gasteiger partial charge in [0.1, 0.15) is 5.82 Å². The Bertz CT molecular complexity index is 759. The lowest BCUT2D eigenvalue weighted by Gasteiger charge is -2.01. The lowest BCUT2D eigenvalue weighted by Crippen LogP contribution is -1.98. The van der Waals surface area contributed by atoms with Crippen LogP contribution >= 0.6 is 23.1 Å². The molecule has 2 aromatic heterocycles. The molecule has 0 aliphatic rings. The van der Waals surface area contributed by atoms with E-state index in [1.54, 1.807) is 12.1 Å². The molecule has 3 rings (SSSR count). The number of anilines is 1. The van der Waals surface area contributed by atoms with Crippen molar-refractivity contribution in [2.75, 3.05) is 5.32 Å². The Balaban J connectivity index is 1.50. The Morgan fingerprint density at radius 2 is 1.91 bits per heavy atom. The molecule has 0 bridgehead atoms. The van der Waals surface area contributed by atoms with Crippen molar-refractivity contribution in [1.82, 2.24) is 20.4 Å². The summed E-state index contributed by atoms with van der Waals surface area (Å²) >= 11 is 2.95. The van der Waals surface area contributed by atoms with E-state index in [0.29, 0.717) is 24.1 Å². The minimum atomic E-state index is -0.240. The summed E-state index contributed by atoms with van der Waals surface area (Å²) in [5.74, 6) is 1.55. The van der Waals surface area contributed by atoms with E-state index in [4.69, 9.17) is 4.42 Å². The van der Waals surface area contributed by atoms with Crippen molar-refractivity contribution in [3.8, 4) is 0 Å². The summed E-state index contributed by atoms with van der Waals surface area (Å²) < 4.78 is 19.1. The molecule has 0 saturated carbocycles. The molecule has 0 saturated heterocycles. The largest absolute Gasteiger partial charge is 0.424 e. The lowest BCUT2D eigenvalue weighted by atomic mass is 10.2. The third-order valence-electron chi connectivity index (χ3n) is 2.89. The van der Waals surface area contributed by atoms with E-state index in [-0.39, 0.29) is 5.82 Å². The zero-order valence-electron chi connectivity index (χ0n) is 12.3. The molecule has 120 valence electrons. The number of nitrogens with one attached hydrogen (secondary N) is 1. The average Bonchev–Trinajstić information content (AvgIpc) is 3.21. The predicted molar refractivity (Wildman–Crippen MR) is 86.9 cm³/mol. The Hall–Kier alpha value is -2.00. The Labute approximate surface area is 140 Å². The van der Waals surface area contributed by atoms with Gasteiger partial charge < -0.3 is 9.73 Å². The maximum Gasteiger partial charge on any atom is 0.226 e. The second-order valence-corrected chi connectivity index (χ2v) is 6.78.